The molecular formula is C11H13NO2. The number of hydrogen-bond acceptors (Lipinski definition) is 3. The molecule has 0 spiro atoms. The molecule has 3 heteroatoms. The molecule has 0 aromatic heterocycles. The molecule has 0 amide bonds. The van der Waals surface area contributed by atoms with E-state index >= 15 is 0 Å². The van der Waals surface area contributed by atoms with Crippen molar-refractivity contribution >= 4 is 5.90 Å². The molecule has 0 unspecified atom stereocenters. The molecule has 0 saturated heterocycles. The average Bonchev–Trinajstić information content (AvgIpc) is 2.61. The van der Waals surface area contributed by atoms with E-state index < -0.39 is 0 Å². The van der Waals surface area contributed by atoms with Crippen molar-refractivity contribution in [1.82, 2.24) is 0 Å². The van der Waals surface area contributed by atoms with Gasteiger partial charge in [0.15, 0.2) is 5.90 Å². The van der Waals surface area contributed by atoms with Crippen molar-refractivity contribution in [2.75, 3.05) is 6.61 Å². The summed E-state index contributed by atoms with van der Waals surface area (Å²) in [5.74, 6) is 0.651. The number of aliphatic imine (C=N–C) groups is 1. The maximum absolute atomic E-state index is 9.13. The van der Waals surface area contributed by atoms with Crippen LogP contribution in [-0.2, 0) is 4.74 Å². The summed E-state index contributed by atoms with van der Waals surface area (Å²) in [6.07, 6.45) is -0.124. The number of ether oxygens (including phenoxy) is 1. The minimum absolute atomic E-state index is 0.0247. The molecule has 1 heterocycles. The van der Waals surface area contributed by atoms with Gasteiger partial charge in [0.2, 0.25) is 0 Å². The van der Waals surface area contributed by atoms with E-state index in [1.165, 1.54) is 0 Å². The maximum atomic E-state index is 9.13. The lowest BCUT2D eigenvalue weighted by Gasteiger charge is -2.15. The number of hydrogen-bond donors (Lipinski definition) is 1. The first-order valence-electron chi connectivity index (χ1n) is 4.68. The van der Waals surface area contributed by atoms with Gasteiger partial charge in [0.1, 0.15) is 12.1 Å². The molecular weight excluding hydrogens is 178 g/mol. The van der Waals surface area contributed by atoms with Crippen molar-refractivity contribution < 1.29 is 9.84 Å². The van der Waals surface area contributed by atoms with Gasteiger partial charge in [-0.2, -0.15) is 0 Å². The van der Waals surface area contributed by atoms with Gasteiger partial charge in [0, 0.05) is 6.92 Å². The van der Waals surface area contributed by atoms with Crippen molar-refractivity contribution in [2.45, 2.75) is 19.1 Å². The predicted octanol–water partition coefficient (Wildman–Crippen LogP) is 1.54. The molecule has 0 fully saturated rings. The molecule has 14 heavy (non-hydrogen) atoms. The van der Waals surface area contributed by atoms with Crippen molar-refractivity contribution in [3.05, 3.63) is 35.9 Å². The molecule has 2 rings (SSSR count). The van der Waals surface area contributed by atoms with Gasteiger partial charge in [-0.15, -0.1) is 0 Å². The summed E-state index contributed by atoms with van der Waals surface area (Å²) in [7, 11) is 0. The maximum Gasteiger partial charge on any atom is 0.181 e. The summed E-state index contributed by atoms with van der Waals surface area (Å²) >= 11 is 0. The Bertz CT molecular complexity index is 334. The Morgan fingerprint density at radius 1 is 1.36 bits per heavy atom. The van der Waals surface area contributed by atoms with E-state index in [4.69, 9.17) is 9.84 Å². The first-order valence-corrected chi connectivity index (χ1v) is 4.68. The molecule has 0 bridgehead atoms. The van der Waals surface area contributed by atoms with Crippen LogP contribution in [0, 0.1) is 0 Å². The quantitative estimate of drug-likeness (QED) is 0.770. The number of benzene rings is 1. The van der Waals surface area contributed by atoms with E-state index in [2.05, 4.69) is 4.99 Å². The van der Waals surface area contributed by atoms with E-state index in [0.717, 1.165) is 5.56 Å². The van der Waals surface area contributed by atoms with Gasteiger partial charge in [-0.05, 0) is 5.56 Å². The lowest BCUT2D eigenvalue weighted by atomic mass is 10.0. The van der Waals surface area contributed by atoms with Crippen LogP contribution >= 0.6 is 0 Å². The summed E-state index contributed by atoms with van der Waals surface area (Å²) in [6, 6.07) is 9.70. The minimum Gasteiger partial charge on any atom is -0.471 e. The molecule has 1 aliphatic rings. The summed E-state index contributed by atoms with van der Waals surface area (Å²) in [4.78, 5) is 4.21. The SMILES string of the molecule is CC1=N[C@H](CO)[C@@H](c2ccccc2)O1. The van der Waals surface area contributed by atoms with Gasteiger partial charge in [-0.1, -0.05) is 30.3 Å². The fraction of sp³-hybridized carbons (Fsp3) is 0.364. The highest BCUT2D eigenvalue weighted by atomic mass is 16.5. The van der Waals surface area contributed by atoms with Crippen LogP contribution in [0.25, 0.3) is 0 Å². The molecule has 1 aliphatic heterocycles. The number of nitrogens with zero attached hydrogens (tertiary/aromatic N) is 1. The van der Waals surface area contributed by atoms with Crippen LogP contribution in [0.4, 0.5) is 0 Å². The monoisotopic (exact) mass is 191 g/mol. The molecule has 2 atom stereocenters. The summed E-state index contributed by atoms with van der Waals surface area (Å²) in [6.45, 7) is 1.84. The highest BCUT2D eigenvalue weighted by Crippen LogP contribution is 2.28. The Labute approximate surface area is 83.1 Å². The number of aliphatic hydroxyl groups excluding tert-OH is 1. The Morgan fingerprint density at radius 3 is 2.71 bits per heavy atom. The van der Waals surface area contributed by atoms with Gasteiger partial charge in [-0.25, -0.2) is 4.99 Å². The van der Waals surface area contributed by atoms with Crippen LogP contribution in [0.15, 0.2) is 35.3 Å². The lowest BCUT2D eigenvalue weighted by molar-refractivity contribution is 0.150. The number of aliphatic hydroxyl groups is 1. The van der Waals surface area contributed by atoms with E-state index in [9.17, 15) is 0 Å². The Kier molecular flexibility index (Phi) is 2.50. The molecule has 0 radical (unpaired) electrons. The van der Waals surface area contributed by atoms with Crippen LogP contribution in [0.5, 0.6) is 0 Å². The van der Waals surface area contributed by atoms with E-state index in [1.54, 1.807) is 0 Å². The molecule has 1 aromatic carbocycles. The largest absolute Gasteiger partial charge is 0.471 e. The Balaban J connectivity index is 2.21. The molecule has 0 aliphatic carbocycles. The third kappa shape index (κ3) is 1.63. The molecule has 74 valence electrons. The van der Waals surface area contributed by atoms with E-state index in [1.807, 2.05) is 37.3 Å². The normalized spacial score (nSPS) is 25.7. The fourth-order valence-corrected chi connectivity index (χ4v) is 1.66. The number of rotatable bonds is 2. The topological polar surface area (TPSA) is 41.8 Å². The van der Waals surface area contributed by atoms with Crippen molar-refractivity contribution in [3.8, 4) is 0 Å². The molecule has 3 nitrogen and oxygen atoms in total. The van der Waals surface area contributed by atoms with Crippen LogP contribution in [0.2, 0.25) is 0 Å². The fourth-order valence-electron chi connectivity index (χ4n) is 1.66. The second-order valence-electron chi connectivity index (χ2n) is 3.35. The highest BCUT2D eigenvalue weighted by Gasteiger charge is 2.29. The predicted molar refractivity (Wildman–Crippen MR) is 54.3 cm³/mol. The second kappa shape index (κ2) is 3.80. The highest BCUT2D eigenvalue weighted by molar-refractivity contribution is 5.75. The van der Waals surface area contributed by atoms with Gasteiger partial charge in [0.05, 0.1) is 6.61 Å². The minimum atomic E-state index is -0.155. The molecule has 1 aromatic rings. The Morgan fingerprint density at radius 2 is 2.07 bits per heavy atom. The first-order chi connectivity index (χ1) is 6.81. The zero-order valence-electron chi connectivity index (χ0n) is 8.05. The second-order valence-corrected chi connectivity index (χ2v) is 3.35. The first kappa shape index (κ1) is 9.21. The average molecular weight is 191 g/mol. The smallest absolute Gasteiger partial charge is 0.181 e. The van der Waals surface area contributed by atoms with Crippen LogP contribution in [0.1, 0.15) is 18.6 Å². The lowest BCUT2D eigenvalue weighted by Crippen LogP contribution is -2.17. The summed E-state index contributed by atoms with van der Waals surface area (Å²) in [5.41, 5.74) is 1.06. The van der Waals surface area contributed by atoms with Gasteiger partial charge in [-0.3, -0.25) is 0 Å². The van der Waals surface area contributed by atoms with Gasteiger partial charge >= 0.3 is 0 Å². The van der Waals surface area contributed by atoms with Crippen LogP contribution < -0.4 is 0 Å². The molecule has 1 N–H and O–H groups in total. The summed E-state index contributed by atoms with van der Waals surface area (Å²) in [5, 5.41) is 9.13. The van der Waals surface area contributed by atoms with Crippen molar-refractivity contribution in [2.24, 2.45) is 4.99 Å². The zero-order chi connectivity index (χ0) is 9.97. The van der Waals surface area contributed by atoms with E-state index in [0.29, 0.717) is 5.90 Å². The third-order valence-corrected chi connectivity index (χ3v) is 2.31. The van der Waals surface area contributed by atoms with Gasteiger partial charge < -0.3 is 9.84 Å². The van der Waals surface area contributed by atoms with Crippen LogP contribution in [-0.4, -0.2) is 23.7 Å². The summed E-state index contributed by atoms with van der Waals surface area (Å²) < 4.78 is 5.54. The Hall–Kier alpha value is -1.35. The van der Waals surface area contributed by atoms with Crippen molar-refractivity contribution in [3.63, 3.8) is 0 Å². The standard InChI is InChI=1S/C11H13NO2/c1-8-12-10(7-13)11(14-8)9-5-3-2-4-6-9/h2-6,10-11,13H,7H2,1H3/t10-,11-/m1/s1. The van der Waals surface area contributed by atoms with Crippen molar-refractivity contribution in [1.29, 1.82) is 0 Å². The van der Waals surface area contributed by atoms with Crippen LogP contribution in [0.3, 0.4) is 0 Å². The van der Waals surface area contributed by atoms with E-state index in [-0.39, 0.29) is 18.8 Å². The van der Waals surface area contributed by atoms with Gasteiger partial charge in [0.25, 0.3) is 0 Å². The third-order valence-electron chi connectivity index (χ3n) is 2.31. The molecule has 0 saturated carbocycles. The zero-order valence-corrected chi connectivity index (χ0v) is 8.05.